The van der Waals surface area contributed by atoms with Gasteiger partial charge in [0, 0.05) is 30.7 Å². The van der Waals surface area contributed by atoms with Crippen molar-refractivity contribution in [3.63, 3.8) is 0 Å². The first kappa shape index (κ1) is 17.1. The van der Waals surface area contributed by atoms with E-state index in [1.807, 2.05) is 0 Å². The van der Waals surface area contributed by atoms with E-state index in [0.717, 1.165) is 25.6 Å². The molecule has 0 aromatic heterocycles. The third-order valence-corrected chi connectivity index (χ3v) is 5.19. The highest BCUT2D eigenvalue weighted by molar-refractivity contribution is 9.10. The van der Waals surface area contributed by atoms with Gasteiger partial charge in [0.25, 0.3) is 0 Å². The number of sulfonamides is 1. The number of hydrogen-bond acceptors (Lipinski definition) is 4. The molecule has 0 spiro atoms. The van der Waals surface area contributed by atoms with Crippen molar-refractivity contribution >= 4 is 31.9 Å². The first-order valence-electron chi connectivity index (χ1n) is 6.79. The number of carboxylic acids is 1. The Kier molecular flexibility index (Phi) is 5.74. The van der Waals surface area contributed by atoms with Gasteiger partial charge in [0.15, 0.2) is 0 Å². The predicted molar refractivity (Wildman–Crippen MR) is 86.5 cm³/mol. The van der Waals surface area contributed by atoms with Crippen LogP contribution in [0.15, 0.2) is 39.7 Å². The lowest BCUT2D eigenvalue weighted by Crippen LogP contribution is -2.36. The minimum Gasteiger partial charge on any atom is -0.478 e. The molecule has 1 heterocycles. The van der Waals surface area contributed by atoms with Gasteiger partial charge in [-0.2, -0.15) is 0 Å². The summed E-state index contributed by atoms with van der Waals surface area (Å²) in [7, 11) is -3.73. The molecular formula is C14H17BrN2O4S. The summed E-state index contributed by atoms with van der Waals surface area (Å²) >= 11 is 3.13. The zero-order chi connectivity index (χ0) is 16.2. The van der Waals surface area contributed by atoms with E-state index in [-0.39, 0.29) is 17.0 Å². The fourth-order valence-corrected chi connectivity index (χ4v) is 3.89. The van der Waals surface area contributed by atoms with E-state index in [1.165, 1.54) is 12.1 Å². The van der Waals surface area contributed by atoms with Gasteiger partial charge < -0.3 is 5.11 Å². The standard InChI is InChI=1S/C14H17BrN2O4S/c15-12-8-11(14(18)19)9-13(10-12)22(20,21)16-4-7-17-5-2-1-3-6-17/h1-2,8-10,16H,3-7H2,(H,18,19). The largest absolute Gasteiger partial charge is 0.478 e. The average Bonchev–Trinajstić information content (AvgIpc) is 2.47. The Morgan fingerprint density at radius 2 is 2.09 bits per heavy atom. The van der Waals surface area contributed by atoms with Crippen LogP contribution >= 0.6 is 15.9 Å². The molecule has 0 unspecified atom stereocenters. The molecule has 120 valence electrons. The molecule has 0 fully saturated rings. The van der Waals surface area contributed by atoms with E-state index < -0.39 is 16.0 Å². The second-order valence-electron chi connectivity index (χ2n) is 4.94. The molecule has 0 saturated carbocycles. The summed E-state index contributed by atoms with van der Waals surface area (Å²) in [5, 5.41) is 9.00. The molecule has 22 heavy (non-hydrogen) atoms. The molecule has 0 amide bonds. The molecule has 1 aromatic rings. The zero-order valence-electron chi connectivity index (χ0n) is 11.8. The number of benzene rings is 1. The molecule has 2 N–H and O–H groups in total. The summed E-state index contributed by atoms with van der Waals surface area (Å²) in [5.41, 5.74) is -0.0732. The van der Waals surface area contributed by atoms with Gasteiger partial charge >= 0.3 is 5.97 Å². The lowest BCUT2D eigenvalue weighted by atomic mass is 10.2. The molecule has 8 heteroatoms. The lowest BCUT2D eigenvalue weighted by molar-refractivity contribution is 0.0696. The fourth-order valence-electron chi connectivity index (χ4n) is 2.16. The number of rotatable bonds is 6. The van der Waals surface area contributed by atoms with E-state index in [1.54, 1.807) is 0 Å². The molecule has 6 nitrogen and oxygen atoms in total. The number of carboxylic acid groups (broad SMARTS) is 1. The highest BCUT2D eigenvalue weighted by Gasteiger charge is 2.17. The van der Waals surface area contributed by atoms with Crippen molar-refractivity contribution in [2.45, 2.75) is 11.3 Å². The van der Waals surface area contributed by atoms with Crippen LogP contribution < -0.4 is 4.72 Å². The van der Waals surface area contributed by atoms with E-state index >= 15 is 0 Å². The second-order valence-corrected chi connectivity index (χ2v) is 7.62. The van der Waals surface area contributed by atoms with Gasteiger partial charge in [-0.3, -0.25) is 4.90 Å². The molecule has 0 aliphatic carbocycles. The summed E-state index contributed by atoms with van der Waals surface area (Å²) < 4.78 is 27.4. The quantitative estimate of drug-likeness (QED) is 0.724. The highest BCUT2D eigenvalue weighted by atomic mass is 79.9. The van der Waals surface area contributed by atoms with Gasteiger partial charge in [-0.1, -0.05) is 28.1 Å². The Morgan fingerprint density at radius 1 is 1.32 bits per heavy atom. The lowest BCUT2D eigenvalue weighted by Gasteiger charge is -2.22. The maximum atomic E-state index is 12.2. The number of nitrogens with one attached hydrogen (secondary N) is 1. The van der Waals surface area contributed by atoms with Crippen LogP contribution in [0.4, 0.5) is 0 Å². The van der Waals surface area contributed by atoms with E-state index in [0.29, 0.717) is 11.0 Å². The van der Waals surface area contributed by atoms with Crippen molar-refractivity contribution in [3.8, 4) is 0 Å². The number of halogens is 1. The maximum absolute atomic E-state index is 12.2. The monoisotopic (exact) mass is 388 g/mol. The molecule has 1 aliphatic heterocycles. The number of hydrogen-bond donors (Lipinski definition) is 2. The van der Waals surface area contributed by atoms with Crippen molar-refractivity contribution in [1.82, 2.24) is 9.62 Å². The minimum absolute atomic E-state index is 0.0576. The van der Waals surface area contributed by atoms with Crippen LogP contribution in [0.3, 0.4) is 0 Å². The Labute approximate surface area is 138 Å². The van der Waals surface area contributed by atoms with E-state index in [2.05, 4.69) is 37.7 Å². The Balaban J connectivity index is 2.03. The van der Waals surface area contributed by atoms with Crippen LogP contribution in [-0.4, -0.2) is 50.6 Å². The van der Waals surface area contributed by atoms with Gasteiger partial charge in [0.05, 0.1) is 10.5 Å². The van der Waals surface area contributed by atoms with Crippen LogP contribution in [0, 0.1) is 0 Å². The first-order valence-corrected chi connectivity index (χ1v) is 9.07. The molecule has 0 atom stereocenters. The van der Waals surface area contributed by atoms with Crippen molar-refractivity contribution in [2.24, 2.45) is 0 Å². The Hall–Kier alpha value is -1.22. The average molecular weight is 389 g/mol. The molecule has 1 aromatic carbocycles. The third-order valence-electron chi connectivity index (χ3n) is 3.29. The summed E-state index contributed by atoms with van der Waals surface area (Å²) in [4.78, 5) is 13.1. The molecule has 0 saturated heterocycles. The van der Waals surface area contributed by atoms with Gasteiger partial charge in [0.1, 0.15) is 0 Å². The van der Waals surface area contributed by atoms with Crippen LogP contribution in [0.25, 0.3) is 0 Å². The van der Waals surface area contributed by atoms with Crippen molar-refractivity contribution in [1.29, 1.82) is 0 Å². The van der Waals surface area contributed by atoms with Crippen LogP contribution in [0.2, 0.25) is 0 Å². The third kappa shape index (κ3) is 4.64. The molecule has 0 bridgehead atoms. The minimum atomic E-state index is -3.73. The summed E-state index contributed by atoms with van der Waals surface area (Å²) in [5.74, 6) is -1.17. The number of nitrogens with zero attached hydrogens (tertiary/aromatic N) is 1. The van der Waals surface area contributed by atoms with Crippen LogP contribution in [0.5, 0.6) is 0 Å². The van der Waals surface area contributed by atoms with Gasteiger partial charge in [-0.15, -0.1) is 0 Å². The molecule has 1 aliphatic rings. The van der Waals surface area contributed by atoms with Crippen molar-refractivity contribution in [2.75, 3.05) is 26.2 Å². The van der Waals surface area contributed by atoms with Crippen LogP contribution in [-0.2, 0) is 10.0 Å². The summed E-state index contributed by atoms with van der Waals surface area (Å²) in [6, 6.07) is 3.90. The Morgan fingerprint density at radius 3 is 2.73 bits per heavy atom. The second kappa shape index (κ2) is 7.36. The van der Waals surface area contributed by atoms with Gasteiger partial charge in [-0.05, 0) is 24.6 Å². The first-order chi connectivity index (χ1) is 10.4. The normalized spacial score (nSPS) is 15.9. The SMILES string of the molecule is O=C(O)c1cc(Br)cc(S(=O)(=O)NCCN2CC=CCC2)c1. The predicted octanol–water partition coefficient (Wildman–Crippen LogP) is 1.69. The van der Waals surface area contributed by atoms with Crippen LogP contribution in [0.1, 0.15) is 16.8 Å². The summed E-state index contributed by atoms with van der Waals surface area (Å²) in [6.45, 7) is 2.63. The smallest absolute Gasteiger partial charge is 0.335 e. The zero-order valence-corrected chi connectivity index (χ0v) is 14.2. The molecule has 0 radical (unpaired) electrons. The topological polar surface area (TPSA) is 86.7 Å². The van der Waals surface area contributed by atoms with E-state index in [4.69, 9.17) is 5.11 Å². The van der Waals surface area contributed by atoms with Gasteiger partial charge in [-0.25, -0.2) is 17.9 Å². The maximum Gasteiger partial charge on any atom is 0.335 e. The molecule has 2 rings (SSSR count). The number of carbonyl (C=O) groups is 1. The number of aromatic carboxylic acids is 1. The van der Waals surface area contributed by atoms with Crippen molar-refractivity contribution in [3.05, 3.63) is 40.4 Å². The fraction of sp³-hybridized carbons (Fsp3) is 0.357. The summed E-state index contributed by atoms with van der Waals surface area (Å²) in [6.07, 6.45) is 5.14. The molecular weight excluding hydrogens is 372 g/mol. The highest BCUT2D eigenvalue weighted by Crippen LogP contribution is 2.19. The Bertz CT molecular complexity index is 688. The van der Waals surface area contributed by atoms with Gasteiger partial charge in [0.2, 0.25) is 10.0 Å². The van der Waals surface area contributed by atoms with E-state index in [9.17, 15) is 13.2 Å². The van der Waals surface area contributed by atoms with Crippen molar-refractivity contribution < 1.29 is 18.3 Å².